The summed E-state index contributed by atoms with van der Waals surface area (Å²) in [6.07, 6.45) is 2.62. The number of aliphatic imine (C=N–C) groups is 1. The number of nitrogens with zero attached hydrogens (tertiary/aromatic N) is 2. The molecule has 130 valence electrons. The second-order valence-corrected chi connectivity index (χ2v) is 5.95. The van der Waals surface area contributed by atoms with E-state index in [1.807, 2.05) is 0 Å². The summed E-state index contributed by atoms with van der Waals surface area (Å²) in [4.78, 5) is 6.47. The highest BCUT2D eigenvalue weighted by Crippen LogP contribution is 2.11. The van der Waals surface area contributed by atoms with Crippen molar-refractivity contribution in [2.75, 3.05) is 34.3 Å². The van der Waals surface area contributed by atoms with Gasteiger partial charge >= 0.3 is 0 Å². The maximum absolute atomic E-state index is 5.62. The number of guanidine groups is 1. The lowest BCUT2D eigenvalue weighted by molar-refractivity contribution is 0.114. The van der Waals surface area contributed by atoms with Crippen molar-refractivity contribution < 1.29 is 4.74 Å². The molecule has 0 aliphatic carbocycles. The molecule has 1 aromatic carbocycles. The van der Waals surface area contributed by atoms with E-state index in [2.05, 4.69) is 58.9 Å². The van der Waals surface area contributed by atoms with Gasteiger partial charge in [-0.15, -0.1) is 24.0 Å². The predicted molar refractivity (Wildman–Crippen MR) is 106 cm³/mol. The molecule has 2 N–H and O–H groups in total. The lowest BCUT2D eigenvalue weighted by atomic mass is 10.1. The van der Waals surface area contributed by atoms with Crippen molar-refractivity contribution in [2.24, 2.45) is 4.99 Å². The normalized spacial score (nSPS) is 17.9. The van der Waals surface area contributed by atoms with Crippen LogP contribution in [0, 0.1) is 0 Å². The van der Waals surface area contributed by atoms with Crippen LogP contribution in [0.25, 0.3) is 0 Å². The van der Waals surface area contributed by atoms with E-state index in [4.69, 9.17) is 4.74 Å². The minimum absolute atomic E-state index is 0. The first-order valence-electron chi connectivity index (χ1n) is 7.96. The van der Waals surface area contributed by atoms with Crippen molar-refractivity contribution in [2.45, 2.75) is 32.0 Å². The molecule has 1 saturated heterocycles. The Morgan fingerprint density at radius 2 is 2.00 bits per heavy atom. The summed E-state index contributed by atoms with van der Waals surface area (Å²) in [6, 6.07) is 8.52. The van der Waals surface area contributed by atoms with Crippen LogP contribution in [-0.2, 0) is 17.8 Å². The minimum atomic E-state index is 0. The topological polar surface area (TPSA) is 48.9 Å². The minimum Gasteiger partial charge on any atom is -0.376 e. The smallest absolute Gasteiger partial charge is 0.191 e. The second-order valence-electron chi connectivity index (χ2n) is 5.95. The summed E-state index contributed by atoms with van der Waals surface area (Å²) in [6.45, 7) is 3.42. The molecule has 0 radical (unpaired) electrons. The summed E-state index contributed by atoms with van der Waals surface area (Å²) in [5.74, 6) is 0.829. The number of hydrogen-bond donors (Lipinski definition) is 2. The number of ether oxygens (including phenoxy) is 1. The number of nitrogens with one attached hydrogen (secondary N) is 2. The van der Waals surface area contributed by atoms with E-state index in [1.165, 1.54) is 11.1 Å². The van der Waals surface area contributed by atoms with Gasteiger partial charge in [0.1, 0.15) is 0 Å². The lowest BCUT2D eigenvalue weighted by Crippen LogP contribution is -2.40. The van der Waals surface area contributed by atoms with Gasteiger partial charge in [-0.2, -0.15) is 0 Å². The fourth-order valence-corrected chi connectivity index (χ4v) is 2.64. The lowest BCUT2D eigenvalue weighted by Gasteiger charge is -2.17. The van der Waals surface area contributed by atoms with Crippen molar-refractivity contribution in [3.63, 3.8) is 0 Å². The highest BCUT2D eigenvalue weighted by Gasteiger charge is 2.15. The van der Waals surface area contributed by atoms with E-state index in [1.54, 1.807) is 7.05 Å². The molecule has 23 heavy (non-hydrogen) atoms. The molecule has 5 nitrogen and oxygen atoms in total. The Balaban J connectivity index is 0.00000264. The zero-order chi connectivity index (χ0) is 15.8. The SMILES string of the molecule is CN=C(NCc1ccccc1CN(C)C)NCC1CCCO1.I. The molecule has 1 fully saturated rings. The van der Waals surface area contributed by atoms with Crippen LogP contribution in [0.1, 0.15) is 24.0 Å². The average Bonchev–Trinajstić information content (AvgIpc) is 3.01. The van der Waals surface area contributed by atoms with Gasteiger partial charge in [0.25, 0.3) is 0 Å². The van der Waals surface area contributed by atoms with Gasteiger partial charge < -0.3 is 20.3 Å². The summed E-state index contributed by atoms with van der Waals surface area (Å²) in [5, 5.41) is 6.73. The van der Waals surface area contributed by atoms with Gasteiger partial charge in [0.2, 0.25) is 0 Å². The van der Waals surface area contributed by atoms with Crippen molar-refractivity contribution in [3.8, 4) is 0 Å². The molecule has 2 rings (SSSR count). The molecule has 1 aromatic rings. The van der Waals surface area contributed by atoms with Crippen molar-refractivity contribution in [3.05, 3.63) is 35.4 Å². The predicted octanol–water partition coefficient (Wildman–Crippen LogP) is 2.21. The summed E-state index contributed by atoms with van der Waals surface area (Å²) in [5.41, 5.74) is 2.64. The Morgan fingerprint density at radius 3 is 2.61 bits per heavy atom. The van der Waals surface area contributed by atoms with Gasteiger partial charge in [-0.3, -0.25) is 4.99 Å². The average molecular weight is 432 g/mol. The third-order valence-electron chi connectivity index (χ3n) is 3.80. The van der Waals surface area contributed by atoms with Gasteiger partial charge in [0.15, 0.2) is 5.96 Å². The molecule has 0 spiro atoms. The quantitative estimate of drug-likeness (QED) is 0.411. The molecule has 0 saturated carbocycles. The first kappa shape index (κ1) is 20.2. The van der Waals surface area contributed by atoms with Crippen LogP contribution in [0.5, 0.6) is 0 Å². The van der Waals surface area contributed by atoms with Crippen LogP contribution in [-0.4, -0.2) is 51.3 Å². The maximum Gasteiger partial charge on any atom is 0.191 e. The third-order valence-corrected chi connectivity index (χ3v) is 3.80. The number of rotatable bonds is 6. The van der Waals surface area contributed by atoms with E-state index in [-0.39, 0.29) is 24.0 Å². The Hall–Kier alpha value is -0.860. The van der Waals surface area contributed by atoms with Crippen LogP contribution in [0.15, 0.2) is 29.3 Å². The van der Waals surface area contributed by atoms with E-state index in [9.17, 15) is 0 Å². The first-order chi connectivity index (χ1) is 10.7. The molecule has 0 amide bonds. The van der Waals surface area contributed by atoms with Crippen LogP contribution >= 0.6 is 24.0 Å². The zero-order valence-electron chi connectivity index (χ0n) is 14.3. The monoisotopic (exact) mass is 432 g/mol. The molecule has 1 heterocycles. The summed E-state index contributed by atoms with van der Waals surface area (Å²) >= 11 is 0. The second kappa shape index (κ2) is 10.8. The molecular weight excluding hydrogens is 403 g/mol. The van der Waals surface area contributed by atoms with Crippen LogP contribution < -0.4 is 10.6 Å². The highest BCUT2D eigenvalue weighted by atomic mass is 127. The fourth-order valence-electron chi connectivity index (χ4n) is 2.64. The number of halogens is 1. The van der Waals surface area contributed by atoms with Gasteiger partial charge in [-0.05, 0) is 38.1 Å². The van der Waals surface area contributed by atoms with Crippen molar-refractivity contribution >= 4 is 29.9 Å². The van der Waals surface area contributed by atoms with Crippen molar-refractivity contribution in [1.29, 1.82) is 0 Å². The van der Waals surface area contributed by atoms with Crippen LogP contribution in [0.4, 0.5) is 0 Å². The third kappa shape index (κ3) is 7.05. The van der Waals surface area contributed by atoms with E-state index >= 15 is 0 Å². The number of benzene rings is 1. The van der Waals surface area contributed by atoms with Crippen LogP contribution in [0.3, 0.4) is 0 Å². The maximum atomic E-state index is 5.62. The van der Waals surface area contributed by atoms with E-state index < -0.39 is 0 Å². The van der Waals surface area contributed by atoms with Gasteiger partial charge in [-0.1, -0.05) is 24.3 Å². The summed E-state index contributed by atoms with van der Waals surface area (Å²) in [7, 11) is 5.98. The molecule has 0 aromatic heterocycles. The van der Waals surface area contributed by atoms with Crippen molar-refractivity contribution in [1.82, 2.24) is 15.5 Å². The molecule has 1 atom stereocenters. The largest absolute Gasteiger partial charge is 0.376 e. The Kier molecular flexibility index (Phi) is 9.50. The van der Waals surface area contributed by atoms with E-state index in [0.717, 1.165) is 45.0 Å². The number of hydrogen-bond acceptors (Lipinski definition) is 3. The first-order valence-corrected chi connectivity index (χ1v) is 7.96. The Bertz CT molecular complexity index is 487. The van der Waals surface area contributed by atoms with Gasteiger partial charge in [0.05, 0.1) is 6.10 Å². The van der Waals surface area contributed by atoms with Crippen LogP contribution in [0.2, 0.25) is 0 Å². The van der Waals surface area contributed by atoms with Gasteiger partial charge in [0, 0.05) is 33.3 Å². The Labute approximate surface area is 156 Å². The molecule has 1 aliphatic rings. The molecular formula is C17H29IN4O. The molecule has 1 aliphatic heterocycles. The van der Waals surface area contributed by atoms with E-state index in [0.29, 0.717) is 6.10 Å². The molecule has 1 unspecified atom stereocenters. The summed E-state index contributed by atoms with van der Waals surface area (Å²) < 4.78 is 5.62. The molecule has 0 bridgehead atoms. The standard InChI is InChI=1S/C17H28N4O.HI/c1-18-17(20-12-16-9-6-10-22-16)19-11-14-7-4-5-8-15(14)13-21(2)3;/h4-5,7-8,16H,6,9-13H2,1-3H3,(H2,18,19,20);1H. The Morgan fingerprint density at radius 1 is 1.26 bits per heavy atom. The zero-order valence-corrected chi connectivity index (χ0v) is 16.7. The highest BCUT2D eigenvalue weighted by molar-refractivity contribution is 14.0. The van der Waals surface area contributed by atoms with Gasteiger partial charge in [-0.25, -0.2) is 0 Å². The fraction of sp³-hybridized carbons (Fsp3) is 0.588. The molecule has 6 heteroatoms.